The molecule has 3 aromatic rings. The highest BCUT2D eigenvalue weighted by molar-refractivity contribution is 5.89. The SMILES string of the molecule is CCc1ccc(-c2ccc(=O)n(CC(=O)Nc3cc(C)no3)n2)cc1. The van der Waals surface area contributed by atoms with Crippen molar-refractivity contribution >= 4 is 11.8 Å². The number of nitrogens with zero attached hydrogens (tertiary/aromatic N) is 3. The Hall–Kier alpha value is -3.22. The molecule has 0 unspecified atom stereocenters. The van der Waals surface area contributed by atoms with Gasteiger partial charge in [0.1, 0.15) is 6.54 Å². The second-order valence-corrected chi connectivity index (χ2v) is 5.65. The van der Waals surface area contributed by atoms with Gasteiger partial charge in [0.15, 0.2) is 0 Å². The number of carbonyl (C=O) groups is 1. The molecule has 0 spiro atoms. The van der Waals surface area contributed by atoms with Crippen molar-refractivity contribution in [3.63, 3.8) is 0 Å². The first-order chi connectivity index (χ1) is 12.0. The van der Waals surface area contributed by atoms with E-state index in [4.69, 9.17) is 4.52 Å². The topological polar surface area (TPSA) is 90.0 Å². The van der Waals surface area contributed by atoms with Gasteiger partial charge in [0.2, 0.25) is 11.8 Å². The molecule has 0 aliphatic carbocycles. The molecule has 2 aromatic heterocycles. The predicted molar refractivity (Wildman–Crippen MR) is 93.2 cm³/mol. The molecule has 3 rings (SSSR count). The lowest BCUT2D eigenvalue weighted by molar-refractivity contribution is -0.117. The Balaban J connectivity index is 1.79. The van der Waals surface area contributed by atoms with Crippen LogP contribution in [0.3, 0.4) is 0 Å². The zero-order chi connectivity index (χ0) is 17.8. The monoisotopic (exact) mass is 338 g/mol. The Morgan fingerprint density at radius 1 is 1.20 bits per heavy atom. The van der Waals surface area contributed by atoms with Crippen LogP contribution in [0.15, 0.2) is 51.8 Å². The van der Waals surface area contributed by atoms with Crippen molar-refractivity contribution in [2.45, 2.75) is 26.8 Å². The van der Waals surface area contributed by atoms with Crippen LogP contribution in [0.1, 0.15) is 18.2 Å². The summed E-state index contributed by atoms with van der Waals surface area (Å²) in [5, 5.41) is 10.5. The molecule has 1 aromatic carbocycles. The average molecular weight is 338 g/mol. The molecule has 0 bridgehead atoms. The van der Waals surface area contributed by atoms with Gasteiger partial charge in [-0.25, -0.2) is 4.68 Å². The third-order valence-electron chi connectivity index (χ3n) is 3.71. The molecule has 1 amide bonds. The summed E-state index contributed by atoms with van der Waals surface area (Å²) >= 11 is 0. The summed E-state index contributed by atoms with van der Waals surface area (Å²) in [7, 11) is 0. The number of aromatic nitrogens is 3. The highest BCUT2D eigenvalue weighted by Crippen LogP contribution is 2.16. The highest BCUT2D eigenvalue weighted by Gasteiger charge is 2.10. The molecule has 0 aliphatic heterocycles. The van der Waals surface area contributed by atoms with E-state index in [9.17, 15) is 9.59 Å². The fourth-order valence-electron chi connectivity index (χ4n) is 2.36. The molecule has 128 valence electrons. The summed E-state index contributed by atoms with van der Waals surface area (Å²) in [6, 6.07) is 12.6. The molecule has 0 atom stereocenters. The van der Waals surface area contributed by atoms with Crippen LogP contribution >= 0.6 is 0 Å². The fourth-order valence-corrected chi connectivity index (χ4v) is 2.36. The van der Waals surface area contributed by atoms with Crippen molar-refractivity contribution < 1.29 is 9.32 Å². The standard InChI is InChI=1S/C18H18N4O3/c1-3-13-4-6-14(7-5-13)15-8-9-18(24)22(20-15)11-16(23)19-17-10-12(2)21-25-17/h4-10H,3,11H2,1-2H3,(H,19,23). The maximum atomic E-state index is 12.1. The summed E-state index contributed by atoms with van der Waals surface area (Å²) in [6.07, 6.45) is 0.953. The van der Waals surface area contributed by atoms with E-state index in [-0.39, 0.29) is 18.0 Å². The first-order valence-corrected chi connectivity index (χ1v) is 7.96. The first-order valence-electron chi connectivity index (χ1n) is 7.96. The molecule has 0 radical (unpaired) electrons. The van der Waals surface area contributed by atoms with Crippen LogP contribution in [0.25, 0.3) is 11.3 Å². The van der Waals surface area contributed by atoms with Crippen molar-refractivity contribution in [2.24, 2.45) is 0 Å². The number of carbonyl (C=O) groups excluding carboxylic acids is 1. The van der Waals surface area contributed by atoms with Gasteiger partial charge in [0, 0.05) is 17.7 Å². The van der Waals surface area contributed by atoms with Crippen molar-refractivity contribution in [1.82, 2.24) is 14.9 Å². The Morgan fingerprint density at radius 2 is 1.96 bits per heavy atom. The van der Waals surface area contributed by atoms with E-state index in [1.807, 2.05) is 24.3 Å². The number of aryl methyl sites for hydroxylation is 2. The first kappa shape index (κ1) is 16.6. The minimum absolute atomic E-state index is 0.209. The smallest absolute Gasteiger partial charge is 0.267 e. The normalized spacial score (nSPS) is 10.6. The van der Waals surface area contributed by atoms with E-state index in [0.29, 0.717) is 11.4 Å². The summed E-state index contributed by atoms with van der Waals surface area (Å²) in [6.45, 7) is 3.63. The van der Waals surface area contributed by atoms with Gasteiger partial charge in [-0.3, -0.25) is 14.9 Å². The Labute approximate surface area is 144 Å². The van der Waals surface area contributed by atoms with E-state index in [2.05, 4.69) is 22.5 Å². The molecule has 2 heterocycles. The van der Waals surface area contributed by atoms with Crippen LogP contribution < -0.4 is 10.9 Å². The number of anilines is 1. The van der Waals surface area contributed by atoms with Gasteiger partial charge in [0.05, 0.1) is 11.4 Å². The summed E-state index contributed by atoms with van der Waals surface area (Å²) < 4.78 is 6.05. The molecule has 0 saturated heterocycles. The number of hydrogen-bond acceptors (Lipinski definition) is 5. The number of nitrogens with one attached hydrogen (secondary N) is 1. The molecule has 7 heteroatoms. The van der Waals surface area contributed by atoms with Crippen LogP contribution in [-0.2, 0) is 17.8 Å². The van der Waals surface area contributed by atoms with Crippen LogP contribution in [0, 0.1) is 6.92 Å². The van der Waals surface area contributed by atoms with Gasteiger partial charge in [-0.05, 0) is 25.0 Å². The Morgan fingerprint density at radius 3 is 2.60 bits per heavy atom. The van der Waals surface area contributed by atoms with E-state index in [1.54, 1.807) is 19.1 Å². The second-order valence-electron chi connectivity index (χ2n) is 5.65. The van der Waals surface area contributed by atoms with E-state index >= 15 is 0 Å². The third kappa shape index (κ3) is 4.00. The van der Waals surface area contributed by atoms with Gasteiger partial charge in [-0.1, -0.05) is 36.3 Å². The average Bonchev–Trinajstić information content (AvgIpc) is 3.01. The number of hydrogen-bond donors (Lipinski definition) is 1. The summed E-state index contributed by atoms with van der Waals surface area (Å²) in [5.74, 6) is -0.175. The zero-order valence-electron chi connectivity index (χ0n) is 14.0. The molecule has 0 aliphatic rings. The number of amides is 1. The van der Waals surface area contributed by atoms with Gasteiger partial charge in [-0.2, -0.15) is 5.10 Å². The minimum atomic E-state index is -0.413. The highest BCUT2D eigenvalue weighted by atomic mass is 16.5. The zero-order valence-corrected chi connectivity index (χ0v) is 14.0. The van der Waals surface area contributed by atoms with Crippen molar-refractivity contribution in [2.75, 3.05) is 5.32 Å². The Kier molecular flexibility index (Phi) is 4.74. The van der Waals surface area contributed by atoms with Crippen molar-refractivity contribution in [1.29, 1.82) is 0 Å². The summed E-state index contributed by atoms with van der Waals surface area (Å²) in [4.78, 5) is 24.1. The van der Waals surface area contributed by atoms with Crippen LogP contribution in [0.4, 0.5) is 5.88 Å². The lowest BCUT2D eigenvalue weighted by Crippen LogP contribution is -2.29. The van der Waals surface area contributed by atoms with E-state index in [1.165, 1.54) is 11.6 Å². The lowest BCUT2D eigenvalue weighted by Gasteiger charge is -2.07. The number of rotatable bonds is 5. The lowest BCUT2D eigenvalue weighted by atomic mass is 10.1. The van der Waals surface area contributed by atoms with Gasteiger partial charge >= 0.3 is 0 Å². The van der Waals surface area contributed by atoms with E-state index in [0.717, 1.165) is 16.7 Å². The molecule has 0 fully saturated rings. The second kappa shape index (κ2) is 7.12. The minimum Gasteiger partial charge on any atom is -0.338 e. The molecule has 1 N–H and O–H groups in total. The maximum Gasteiger partial charge on any atom is 0.267 e. The van der Waals surface area contributed by atoms with Crippen LogP contribution in [0.2, 0.25) is 0 Å². The van der Waals surface area contributed by atoms with Gasteiger partial charge in [-0.15, -0.1) is 0 Å². The van der Waals surface area contributed by atoms with Gasteiger partial charge in [0.25, 0.3) is 5.56 Å². The van der Waals surface area contributed by atoms with Crippen molar-refractivity contribution in [3.05, 3.63) is 64.1 Å². The van der Waals surface area contributed by atoms with Crippen LogP contribution in [0.5, 0.6) is 0 Å². The van der Waals surface area contributed by atoms with Crippen molar-refractivity contribution in [3.8, 4) is 11.3 Å². The summed E-state index contributed by atoms with van der Waals surface area (Å²) in [5.41, 5.74) is 3.04. The third-order valence-corrected chi connectivity index (χ3v) is 3.71. The predicted octanol–water partition coefficient (Wildman–Crippen LogP) is 2.41. The molecular formula is C18H18N4O3. The quantitative estimate of drug-likeness (QED) is 0.771. The maximum absolute atomic E-state index is 12.1. The molecule has 7 nitrogen and oxygen atoms in total. The molecule has 0 saturated carbocycles. The largest absolute Gasteiger partial charge is 0.338 e. The number of benzene rings is 1. The van der Waals surface area contributed by atoms with E-state index < -0.39 is 5.91 Å². The molecular weight excluding hydrogens is 320 g/mol. The fraction of sp³-hybridized carbons (Fsp3) is 0.222. The van der Waals surface area contributed by atoms with Crippen LogP contribution in [-0.4, -0.2) is 20.8 Å². The Bertz CT molecular complexity index is 941. The van der Waals surface area contributed by atoms with Gasteiger partial charge < -0.3 is 4.52 Å². The molecule has 25 heavy (non-hydrogen) atoms.